The van der Waals surface area contributed by atoms with Crippen molar-refractivity contribution in [3.05, 3.63) is 23.8 Å². The van der Waals surface area contributed by atoms with Crippen molar-refractivity contribution in [2.75, 3.05) is 32.8 Å². The van der Waals surface area contributed by atoms with Crippen molar-refractivity contribution in [1.82, 2.24) is 10.2 Å². The monoisotopic (exact) mass is 278 g/mol. The molecule has 1 aliphatic heterocycles. The molecule has 2 rings (SSSR count). The third-order valence-electron chi connectivity index (χ3n) is 3.93. The van der Waals surface area contributed by atoms with Crippen molar-refractivity contribution < 1.29 is 9.84 Å². The summed E-state index contributed by atoms with van der Waals surface area (Å²) in [7, 11) is 0. The zero-order chi connectivity index (χ0) is 14.4. The van der Waals surface area contributed by atoms with Gasteiger partial charge in [-0.15, -0.1) is 0 Å². The van der Waals surface area contributed by atoms with Gasteiger partial charge in [-0.1, -0.05) is 13.0 Å². The smallest absolute Gasteiger partial charge is 0.161 e. The van der Waals surface area contributed by atoms with Gasteiger partial charge in [0.25, 0.3) is 0 Å². The van der Waals surface area contributed by atoms with Gasteiger partial charge in [-0.05, 0) is 37.5 Å². The van der Waals surface area contributed by atoms with E-state index in [4.69, 9.17) is 4.74 Å². The van der Waals surface area contributed by atoms with E-state index in [1.54, 1.807) is 6.07 Å². The molecule has 1 heterocycles. The van der Waals surface area contributed by atoms with E-state index in [9.17, 15) is 5.11 Å². The van der Waals surface area contributed by atoms with E-state index in [-0.39, 0.29) is 5.75 Å². The number of nitrogens with one attached hydrogen (secondary N) is 1. The van der Waals surface area contributed by atoms with Crippen molar-refractivity contribution in [1.29, 1.82) is 0 Å². The topological polar surface area (TPSA) is 44.7 Å². The van der Waals surface area contributed by atoms with E-state index in [0.717, 1.165) is 39.0 Å². The Hall–Kier alpha value is -1.26. The molecule has 1 aliphatic rings. The second-order valence-corrected chi connectivity index (χ2v) is 5.29. The first kappa shape index (κ1) is 15.1. The summed E-state index contributed by atoms with van der Waals surface area (Å²) in [5, 5.41) is 13.2. The van der Waals surface area contributed by atoms with Crippen LogP contribution >= 0.6 is 0 Å². The Balaban J connectivity index is 2.04. The van der Waals surface area contributed by atoms with E-state index in [1.165, 1.54) is 5.56 Å². The molecule has 0 aliphatic carbocycles. The van der Waals surface area contributed by atoms with Gasteiger partial charge in [-0.2, -0.15) is 0 Å². The maximum Gasteiger partial charge on any atom is 0.161 e. The van der Waals surface area contributed by atoms with Crippen molar-refractivity contribution >= 4 is 0 Å². The number of benzene rings is 1. The van der Waals surface area contributed by atoms with Crippen LogP contribution in [-0.2, 0) is 6.42 Å². The fourth-order valence-electron chi connectivity index (χ4n) is 2.81. The molecule has 0 bridgehead atoms. The van der Waals surface area contributed by atoms with Crippen molar-refractivity contribution in [3.63, 3.8) is 0 Å². The van der Waals surface area contributed by atoms with Gasteiger partial charge in [-0.25, -0.2) is 0 Å². The number of phenols is 1. The lowest BCUT2D eigenvalue weighted by Crippen LogP contribution is -2.48. The number of piperazine rings is 1. The molecule has 2 N–H and O–H groups in total. The summed E-state index contributed by atoms with van der Waals surface area (Å²) in [6.45, 7) is 9.15. The Labute approximate surface area is 121 Å². The van der Waals surface area contributed by atoms with Crippen LogP contribution in [0.2, 0.25) is 0 Å². The summed E-state index contributed by atoms with van der Waals surface area (Å²) in [5.41, 5.74) is 1.23. The number of hydrogen-bond donors (Lipinski definition) is 2. The molecule has 1 fully saturated rings. The van der Waals surface area contributed by atoms with Crippen LogP contribution in [0, 0.1) is 0 Å². The van der Waals surface area contributed by atoms with Crippen molar-refractivity contribution in [2.45, 2.75) is 32.7 Å². The summed E-state index contributed by atoms with van der Waals surface area (Å²) >= 11 is 0. The Bertz CT molecular complexity index is 417. The van der Waals surface area contributed by atoms with Gasteiger partial charge in [0.1, 0.15) is 0 Å². The van der Waals surface area contributed by atoms with Crippen LogP contribution in [0.3, 0.4) is 0 Å². The first-order valence-electron chi connectivity index (χ1n) is 7.64. The largest absolute Gasteiger partial charge is 0.504 e. The summed E-state index contributed by atoms with van der Waals surface area (Å²) in [6, 6.07) is 6.29. The molecular formula is C16H26N2O2. The molecular weight excluding hydrogens is 252 g/mol. The molecule has 20 heavy (non-hydrogen) atoms. The van der Waals surface area contributed by atoms with Crippen LogP contribution in [0.4, 0.5) is 0 Å². The van der Waals surface area contributed by atoms with Crippen LogP contribution in [0.1, 0.15) is 25.8 Å². The van der Waals surface area contributed by atoms with E-state index in [0.29, 0.717) is 18.4 Å². The Kier molecular flexibility index (Phi) is 5.68. The lowest BCUT2D eigenvalue weighted by Gasteiger charge is -2.34. The minimum atomic E-state index is 0.228. The molecule has 1 unspecified atom stereocenters. The van der Waals surface area contributed by atoms with Crippen LogP contribution in [0.25, 0.3) is 0 Å². The average Bonchev–Trinajstić information content (AvgIpc) is 2.49. The molecule has 1 aromatic rings. The maximum absolute atomic E-state index is 9.76. The predicted octanol–water partition coefficient (Wildman–Crippen LogP) is 2.02. The summed E-state index contributed by atoms with van der Waals surface area (Å²) in [4.78, 5) is 2.56. The zero-order valence-corrected chi connectivity index (χ0v) is 12.6. The standard InChI is InChI=1S/C16H26N2O2/c1-3-14(18-9-7-17-8-10-18)11-13-5-6-15(19)16(12-13)20-4-2/h5-6,12,14,17,19H,3-4,7-11H2,1-2H3. The summed E-state index contributed by atoms with van der Waals surface area (Å²) in [5.74, 6) is 0.825. The van der Waals surface area contributed by atoms with E-state index >= 15 is 0 Å². The van der Waals surface area contributed by atoms with Gasteiger partial charge in [0, 0.05) is 32.2 Å². The number of aromatic hydroxyl groups is 1. The van der Waals surface area contributed by atoms with Crippen LogP contribution in [0.5, 0.6) is 11.5 Å². The fourth-order valence-corrected chi connectivity index (χ4v) is 2.81. The molecule has 0 aromatic heterocycles. The summed E-state index contributed by atoms with van der Waals surface area (Å²) < 4.78 is 5.46. The molecule has 0 radical (unpaired) electrons. The number of ether oxygens (including phenoxy) is 1. The quantitative estimate of drug-likeness (QED) is 0.835. The van der Waals surface area contributed by atoms with Gasteiger partial charge in [0.05, 0.1) is 6.61 Å². The number of phenolic OH excluding ortho intramolecular Hbond substituents is 1. The molecule has 1 aromatic carbocycles. The Morgan fingerprint density at radius 3 is 2.70 bits per heavy atom. The predicted molar refractivity (Wildman–Crippen MR) is 81.5 cm³/mol. The first-order valence-corrected chi connectivity index (χ1v) is 7.64. The molecule has 1 atom stereocenters. The van der Waals surface area contributed by atoms with Crippen molar-refractivity contribution in [3.8, 4) is 11.5 Å². The average molecular weight is 278 g/mol. The molecule has 4 heteroatoms. The van der Waals surface area contributed by atoms with Crippen LogP contribution in [-0.4, -0.2) is 48.8 Å². The lowest BCUT2D eigenvalue weighted by atomic mass is 10.0. The van der Waals surface area contributed by atoms with Gasteiger partial charge in [0.15, 0.2) is 11.5 Å². The maximum atomic E-state index is 9.76. The van der Waals surface area contributed by atoms with Crippen LogP contribution < -0.4 is 10.1 Å². The van der Waals surface area contributed by atoms with Crippen molar-refractivity contribution in [2.24, 2.45) is 0 Å². The summed E-state index contributed by atoms with van der Waals surface area (Å²) in [6.07, 6.45) is 2.15. The highest BCUT2D eigenvalue weighted by Gasteiger charge is 2.19. The Morgan fingerprint density at radius 2 is 2.05 bits per heavy atom. The van der Waals surface area contributed by atoms with Gasteiger partial charge >= 0.3 is 0 Å². The number of rotatable bonds is 6. The van der Waals surface area contributed by atoms with Gasteiger partial charge in [0.2, 0.25) is 0 Å². The second kappa shape index (κ2) is 7.50. The highest BCUT2D eigenvalue weighted by atomic mass is 16.5. The molecule has 4 nitrogen and oxygen atoms in total. The third kappa shape index (κ3) is 3.87. The first-order chi connectivity index (χ1) is 9.74. The molecule has 0 spiro atoms. The third-order valence-corrected chi connectivity index (χ3v) is 3.93. The normalized spacial score (nSPS) is 17.9. The van der Waals surface area contributed by atoms with E-state index in [2.05, 4.69) is 17.1 Å². The SMILES string of the molecule is CCOc1cc(CC(CC)N2CCNCC2)ccc1O. The minimum absolute atomic E-state index is 0.228. The van der Waals surface area contributed by atoms with E-state index < -0.39 is 0 Å². The number of hydrogen-bond acceptors (Lipinski definition) is 4. The highest BCUT2D eigenvalue weighted by molar-refractivity contribution is 5.42. The zero-order valence-electron chi connectivity index (χ0n) is 12.6. The Morgan fingerprint density at radius 1 is 1.30 bits per heavy atom. The van der Waals surface area contributed by atoms with Gasteiger partial charge in [-0.3, -0.25) is 4.90 Å². The fraction of sp³-hybridized carbons (Fsp3) is 0.625. The molecule has 0 amide bonds. The molecule has 1 saturated heterocycles. The number of nitrogens with zero attached hydrogens (tertiary/aromatic N) is 1. The molecule has 0 saturated carbocycles. The minimum Gasteiger partial charge on any atom is -0.504 e. The second-order valence-electron chi connectivity index (χ2n) is 5.29. The van der Waals surface area contributed by atoms with E-state index in [1.807, 2.05) is 19.1 Å². The van der Waals surface area contributed by atoms with Gasteiger partial charge < -0.3 is 15.2 Å². The lowest BCUT2D eigenvalue weighted by molar-refractivity contribution is 0.167. The molecule has 112 valence electrons. The van der Waals surface area contributed by atoms with Crippen LogP contribution in [0.15, 0.2) is 18.2 Å². The highest BCUT2D eigenvalue weighted by Crippen LogP contribution is 2.28.